The van der Waals surface area contributed by atoms with Crippen molar-refractivity contribution in [1.82, 2.24) is 0 Å². The second-order valence-corrected chi connectivity index (χ2v) is 5.93. The summed E-state index contributed by atoms with van der Waals surface area (Å²) >= 11 is 0. The molecule has 0 bridgehead atoms. The number of halogens is 1. The highest BCUT2D eigenvalue weighted by atomic mass is 32.2. The minimum absolute atomic E-state index is 0.272. The maximum Gasteiger partial charge on any atom is 0.337 e. The van der Waals surface area contributed by atoms with Crippen LogP contribution in [0.25, 0.3) is 0 Å². The van der Waals surface area contributed by atoms with Crippen molar-refractivity contribution in [2.45, 2.75) is 19.1 Å². The fourth-order valence-electron chi connectivity index (χ4n) is 1.06. The van der Waals surface area contributed by atoms with Gasteiger partial charge in [0, 0.05) is 0 Å². The third-order valence-corrected chi connectivity index (χ3v) is 3.83. The highest BCUT2D eigenvalue weighted by molar-refractivity contribution is 7.93. The van der Waals surface area contributed by atoms with Gasteiger partial charge >= 0.3 is 5.97 Å². The van der Waals surface area contributed by atoms with Gasteiger partial charge in [0.1, 0.15) is 5.82 Å². The van der Waals surface area contributed by atoms with Crippen molar-refractivity contribution in [3.63, 3.8) is 0 Å². The molecular formula is C10H12FNO4S. The average Bonchev–Trinajstić information content (AvgIpc) is 2.15. The predicted molar refractivity (Wildman–Crippen MR) is 61.0 cm³/mol. The van der Waals surface area contributed by atoms with Crippen LogP contribution in [-0.2, 0) is 10.0 Å². The van der Waals surface area contributed by atoms with Gasteiger partial charge in [0.15, 0.2) is 0 Å². The number of benzene rings is 1. The number of hydrogen-bond acceptors (Lipinski definition) is 3. The van der Waals surface area contributed by atoms with E-state index in [0.717, 1.165) is 18.2 Å². The average molecular weight is 261 g/mol. The molecule has 0 saturated carbocycles. The summed E-state index contributed by atoms with van der Waals surface area (Å²) in [6.07, 6.45) is 0. The van der Waals surface area contributed by atoms with E-state index in [9.17, 15) is 17.6 Å². The molecule has 0 radical (unpaired) electrons. The summed E-state index contributed by atoms with van der Waals surface area (Å²) in [5.74, 6) is -2.04. The highest BCUT2D eigenvalue weighted by Crippen LogP contribution is 2.19. The number of nitrogens with one attached hydrogen (secondary N) is 1. The summed E-state index contributed by atoms with van der Waals surface area (Å²) in [5.41, 5.74) is -0.568. The van der Waals surface area contributed by atoms with E-state index in [-0.39, 0.29) is 11.3 Å². The fraction of sp³-hybridized carbons (Fsp3) is 0.300. The molecule has 2 N–H and O–H groups in total. The molecule has 94 valence electrons. The Morgan fingerprint density at radius 1 is 1.41 bits per heavy atom. The third-order valence-electron chi connectivity index (χ3n) is 2.08. The number of anilines is 1. The van der Waals surface area contributed by atoms with E-state index in [4.69, 9.17) is 5.11 Å². The van der Waals surface area contributed by atoms with E-state index in [1.165, 1.54) is 13.8 Å². The third kappa shape index (κ3) is 3.16. The van der Waals surface area contributed by atoms with E-state index in [1.54, 1.807) is 0 Å². The molecule has 1 aromatic carbocycles. The van der Waals surface area contributed by atoms with Crippen LogP contribution in [0.3, 0.4) is 0 Å². The minimum atomic E-state index is -3.70. The van der Waals surface area contributed by atoms with E-state index in [0.29, 0.717) is 0 Å². The Hall–Kier alpha value is -1.63. The van der Waals surface area contributed by atoms with Crippen LogP contribution in [0.15, 0.2) is 18.2 Å². The van der Waals surface area contributed by atoms with Crippen LogP contribution in [0.2, 0.25) is 0 Å². The van der Waals surface area contributed by atoms with E-state index >= 15 is 0 Å². The maximum absolute atomic E-state index is 13.0. The van der Waals surface area contributed by atoms with Crippen molar-refractivity contribution >= 4 is 21.7 Å². The largest absolute Gasteiger partial charge is 0.478 e. The van der Waals surface area contributed by atoms with Crippen LogP contribution in [0.1, 0.15) is 24.2 Å². The van der Waals surface area contributed by atoms with Gasteiger partial charge in [-0.2, -0.15) is 0 Å². The Balaban J connectivity index is 3.22. The Morgan fingerprint density at radius 2 is 2.00 bits per heavy atom. The van der Waals surface area contributed by atoms with Crippen molar-refractivity contribution < 1.29 is 22.7 Å². The summed E-state index contributed by atoms with van der Waals surface area (Å²) in [7, 11) is -3.70. The number of sulfonamides is 1. The first-order valence-electron chi connectivity index (χ1n) is 4.78. The number of rotatable bonds is 4. The fourth-order valence-corrected chi connectivity index (χ4v) is 1.77. The summed E-state index contributed by atoms with van der Waals surface area (Å²) < 4.78 is 38.1. The quantitative estimate of drug-likeness (QED) is 0.863. The van der Waals surface area contributed by atoms with Gasteiger partial charge in [-0.05, 0) is 32.0 Å². The molecule has 0 atom stereocenters. The van der Waals surface area contributed by atoms with Crippen molar-refractivity contribution in [2.24, 2.45) is 0 Å². The standard InChI is InChI=1S/C10H12FNO4S/c1-6(2)17(15,16)12-9-5-7(11)3-4-8(9)10(13)14/h3-6,12H,1-2H3,(H,13,14). The van der Waals surface area contributed by atoms with E-state index in [1.807, 2.05) is 0 Å². The van der Waals surface area contributed by atoms with E-state index < -0.39 is 27.1 Å². The van der Waals surface area contributed by atoms with Gasteiger partial charge < -0.3 is 5.11 Å². The second-order valence-electron chi connectivity index (χ2n) is 3.69. The van der Waals surface area contributed by atoms with Crippen molar-refractivity contribution in [1.29, 1.82) is 0 Å². The molecule has 0 aliphatic heterocycles. The molecule has 0 saturated heterocycles. The van der Waals surface area contributed by atoms with Gasteiger partial charge in [0.25, 0.3) is 0 Å². The Labute approximate surface area is 98.3 Å². The van der Waals surface area contributed by atoms with Crippen LogP contribution in [-0.4, -0.2) is 24.7 Å². The van der Waals surface area contributed by atoms with Gasteiger partial charge in [0.05, 0.1) is 16.5 Å². The molecule has 0 aromatic heterocycles. The molecule has 0 fully saturated rings. The Kier molecular flexibility index (Phi) is 3.72. The first kappa shape index (κ1) is 13.4. The van der Waals surface area contributed by atoms with Gasteiger partial charge in [-0.1, -0.05) is 0 Å². The predicted octanol–water partition coefficient (Wildman–Crippen LogP) is 1.67. The molecule has 1 rings (SSSR count). The molecule has 0 aliphatic rings. The first-order chi connectivity index (χ1) is 7.74. The lowest BCUT2D eigenvalue weighted by Crippen LogP contribution is -2.23. The zero-order valence-corrected chi connectivity index (χ0v) is 10.1. The molecule has 0 spiro atoms. The lowest BCUT2D eigenvalue weighted by atomic mass is 10.2. The van der Waals surface area contributed by atoms with Gasteiger partial charge in [-0.25, -0.2) is 17.6 Å². The van der Waals surface area contributed by atoms with Crippen LogP contribution in [0.5, 0.6) is 0 Å². The first-order valence-corrected chi connectivity index (χ1v) is 6.33. The summed E-state index contributed by atoms with van der Waals surface area (Å²) in [6.45, 7) is 2.87. The molecule has 0 amide bonds. The Bertz CT molecular complexity index is 539. The molecule has 7 heteroatoms. The lowest BCUT2D eigenvalue weighted by molar-refractivity contribution is 0.0698. The minimum Gasteiger partial charge on any atom is -0.478 e. The molecular weight excluding hydrogens is 249 g/mol. The number of hydrogen-bond donors (Lipinski definition) is 2. The highest BCUT2D eigenvalue weighted by Gasteiger charge is 2.19. The zero-order chi connectivity index (χ0) is 13.2. The summed E-state index contributed by atoms with van der Waals surface area (Å²) in [5, 5.41) is 8.09. The van der Waals surface area contributed by atoms with Crippen molar-refractivity contribution in [3.8, 4) is 0 Å². The summed E-state index contributed by atoms with van der Waals surface area (Å²) in [6, 6.07) is 2.80. The number of carboxylic acid groups (broad SMARTS) is 1. The molecule has 5 nitrogen and oxygen atoms in total. The molecule has 0 aliphatic carbocycles. The molecule has 0 unspecified atom stereocenters. The van der Waals surface area contributed by atoms with Crippen molar-refractivity contribution in [3.05, 3.63) is 29.6 Å². The number of aromatic carboxylic acids is 1. The molecule has 17 heavy (non-hydrogen) atoms. The zero-order valence-electron chi connectivity index (χ0n) is 9.27. The van der Waals surface area contributed by atoms with Crippen LogP contribution < -0.4 is 4.72 Å². The topological polar surface area (TPSA) is 83.5 Å². The van der Waals surface area contributed by atoms with Gasteiger partial charge in [-0.3, -0.25) is 4.72 Å². The monoisotopic (exact) mass is 261 g/mol. The van der Waals surface area contributed by atoms with Crippen molar-refractivity contribution in [2.75, 3.05) is 4.72 Å². The second kappa shape index (κ2) is 4.70. The smallest absolute Gasteiger partial charge is 0.337 e. The van der Waals surface area contributed by atoms with Crippen LogP contribution in [0, 0.1) is 5.82 Å². The number of carbonyl (C=O) groups is 1. The number of carboxylic acids is 1. The molecule has 0 heterocycles. The molecule has 1 aromatic rings. The lowest BCUT2D eigenvalue weighted by Gasteiger charge is -2.12. The normalized spacial score (nSPS) is 11.5. The van der Waals surface area contributed by atoms with E-state index in [2.05, 4.69) is 4.72 Å². The van der Waals surface area contributed by atoms with Crippen LogP contribution >= 0.6 is 0 Å². The van der Waals surface area contributed by atoms with Gasteiger partial charge in [0.2, 0.25) is 10.0 Å². The van der Waals surface area contributed by atoms with Gasteiger partial charge in [-0.15, -0.1) is 0 Å². The SMILES string of the molecule is CC(C)S(=O)(=O)Nc1cc(F)ccc1C(=O)O. The Morgan fingerprint density at radius 3 is 2.47 bits per heavy atom. The summed E-state index contributed by atoms with van der Waals surface area (Å²) in [4.78, 5) is 10.8. The maximum atomic E-state index is 13.0. The van der Waals surface area contributed by atoms with Crippen LogP contribution in [0.4, 0.5) is 10.1 Å².